The van der Waals surface area contributed by atoms with Gasteiger partial charge in [0.2, 0.25) is 10.0 Å². The largest absolute Gasteiger partial charge is 0.463 e. The highest BCUT2D eigenvalue weighted by molar-refractivity contribution is 7.89. The van der Waals surface area contributed by atoms with Crippen LogP contribution < -0.4 is 5.43 Å². The van der Waals surface area contributed by atoms with Crippen molar-refractivity contribution in [2.24, 2.45) is 5.10 Å². The number of nitrogens with one attached hydrogen (secondary N) is 1. The van der Waals surface area contributed by atoms with Crippen molar-refractivity contribution in [3.8, 4) is 0 Å². The van der Waals surface area contributed by atoms with Crippen molar-refractivity contribution in [3.63, 3.8) is 0 Å². The van der Waals surface area contributed by atoms with Crippen LogP contribution in [0, 0.1) is 6.92 Å². The van der Waals surface area contributed by atoms with Gasteiger partial charge in [0.15, 0.2) is 0 Å². The molecule has 0 saturated heterocycles. The van der Waals surface area contributed by atoms with Gasteiger partial charge in [0, 0.05) is 11.6 Å². The summed E-state index contributed by atoms with van der Waals surface area (Å²) in [5.41, 5.74) is 4.13. The Balaban J connectivity index is 1.80. The highest BCUT2D eigenvalue weighted by atomic mass is 35.5. The number of hydrogen-bond acceptors (Lipinski definition) is 5. The Kier molecular flexibility index (Phi) is 7.04. The van der Waals surface area contributed by atoms with Crippen molar-refractivity contribution < 1.29 is 17.6 Å². The smallest absolute Gasteiger partial charge is 0.255 e. The van der Waals surface area contributed by atoms with Crippen LogP contribution in [-0.2, 0) is 21.4 Å². The Bertz CT molecular complexity index is 1110. The molecule has 156 valence electrons. The lowest BCUT2D eigenvalue weighted by molar-refractivity contribution is -0.121. The summed E-state index contributed by atoms with van der Waals surface area (Å²) in [5.74, 6) is -0.122. The minimum atomic E-state index is -3.95. The number of nitrogens with zero attached hydrogens (tertiary/aromatic N) is 2. The molecule has 0 saturated carbocycles. The lowest BCUT2D eigenvalue weighted by Gasteiger charge is -2.21. The first-order valence-corrected chi connectivity index (χ1v) is 10.8. The van der Waals surface area contributed by atoms with Gasteiger partial charge in [0.05, 0.1) is 23.9 Å². The molecule has 0 aliphatic rings. The number of amides is 1. The quantitative estimate of drug-likeness (QED) is 0.423. The van der Waals surface area contributed by atoms with Crippen molar-refractivity contribution in [1.29, 1.82) is 0 Å². The summed E-state index contributed by atoms with van der Waals surface area (Å²) < 4.78 is 32.5. The van der Waals surface area contributed by atoms with Gasteiger partial charge in [-0.25, -0.2) is 13.8 Å². The maximum absolute atomic E-state index is 13.2. The van der Waals surface area contributed by atoms with E-state index in [0.717, 1.165) is 15.4 Å². The molecule has 3 aromatic rings. The summed E-state index contributed by atoms with van der Waals surface area (Å²) in [6, 6.07) is 16.6. The number of halogens is 1. The number of hydrazone groups is 1. The van der Waals surface area contributed by atoms with Crippen LogP contribution in [0.1, 0.15) is 16.9 Å². The third-order valence-corrected chi connectivity index (χ3v) is 6.23. The van der Waals surface area contributed by atoms with Gasteiger partial charge < -0.3 is 4.42 Å². The molecule has 1 aromatic heterocycles. The molecule has 1 heterocycles. The number of carbonyl (C=O) groups is 1. The summed E-state index contributed by atoms with van der Waals surface area (Å²) in [4.78, 5) is 12.4. The van der Waals surface area contributed by atoms with Gasteiger partial charge in [0.25, 0.3) is 5.91 Å². The van der Waals surface area contributed by atoms with E-state index in [2.05, 4.69) is 10.5 Å². The number of aryl methyl sites for hydroxylation is 1. The average molecular weight is 446 g/mol. The summed E-state index contributed by atoms with van der Waals surface area (Å²) in [6.07, 6.45) is 2.81. The van der Waals surface area contributed by atoms with Gasteiger partial charge >= 0.3 is 0 Å². The van der Waals surface area contributed by atoms with E-state index in [1.807, 2.05) is 31.2 Å². The van der Waals surface area contributed by atoms with E-state index < -0.39 is 22.5 Å². The third-order valence-electron chi connectivity index (χ3n) is 4.18. The second kappa shape index (κ2) is 9.71. The van der Waals surface area contributed by atoms with Crippen LogP contribution in [0.3, 0.4) is 0 Å². The predicted molar refractivity (Wildman–Crippen MR) is 115 cm³/mol. The topological polar surface area (TPSA) is 92.0 Å². The maximum Gasteiger partial charge on any atom is 0.255 e. The normalized spacial score (nSPS) is 11.8. The van der Waals surface area contributed by atoms with Crippen LogP contribution in [0.5, 0.6) is 0 Å². The molecule has 7 nitrogen and oxygen atoms in total. The molecule has 1 amide bonds. The molecule has 0 spiro atoms. The molecular weight excluding hydrogens is 426 g/mol. The highest BCUT2D eigenvalue weighted by Crippen LogP contribution is 2.20. The van der Waals surface area contributed by atoms with E-state index in [4.69, 9.17) is 16.0 Å². The fourth-order valence-electron chi connectivity index (χ4n) is 2.61. The second-order valence-corrected chi connectivity index (χ2v) is 8.90. The molecule has 0 unspecified atom stereocenters. The number of benzene rings is 2. The monoisotopic (exact) mass is 445 g/mol. The van der Waals surface area contributed by atoms with Gasteiger partial charge in [0.1, 0.15) is 5.76 Å². The fourth-order valence-corrected chi connectivity index (χ4v) is 4.12. The molecule has 0 aliphatic carbocycles. The Morgan fingerprint density at radius 2 is 1.83 bits per heavy atom. The van der Waals surface area contributed by atoms with Crippen LogP contribution in [0.25, 0.3) is 0 Å². The Labute approximate surface area is 180 Å². The zero-order chi connectivity index (χ0) is 21.6. The minimum Gasteiger partial charge on any atom is -0.463 e. The van der Waals surface area contributed by atoms with Crippen LogP contribution in [0.4, 0.5) is 0 Å². The van der Waals surface area contributed by atoms with Gasteiger partial charge in [-0.1, -0.05) is 41.4 Å². The molecule has 3 rings (SSSR count). The van der Waals surface area contributed by atoms with Crippen molar-refractivity contribution >= 4 is 33.7 Å². The SMILES string of the molecule is Cc1ccc(CN(CC(=O)N/N=C\c2ccco2)S(=O)(=O)c2ccc(Cl)cc2)cc1. The minimum absolute atomic E-state index is 0.0283. The first-order valence-electron chi connectivity index (χ1n) is 9.01. The Morgan fingerprint density at radius 1 is 1.13 bits per heavy atom. The van der Waals surface area contributed by atoms with E-state index >= 15 is 0 Å². The summed E-state index contributed by atoms with van der Waals surface area (Å²) in [6.45, 7) is 1.56. The van der Waals surface area contributed by atoms with Crippen LogP contribution in [0.15, 0.2) is 81.3 Å². The van der Waals surface area contributed by atoms with Crippen LogP contribution >= 0.6 is 11.6 Å². The van der Waals surface area contributed by atoms with E-state index in [-0.39, 0.29) is 11.4 Å². The van der Waals surface area contributed by atoms with E-state index in [0.29, 0.717) is 10.8 Å². The molecule has 30 heavy (non-hydrogen) atoms. The molecule has 9 heteroatoms. The number of carbonyl (C=O) groups excluding carboxylic acids is 1. The summed E-state index contributed by atoms with van der Waals surface area (Å²) in [5, 5.41) is 4.22. The van der Waals surface area contributed by atoms with E-state index in [1.165, 1.54) is 36.7 Å². The number of furan rings is 1. The van der Waals surface area contributed by atoms with Crippen molar-refractivity contribution in [3.05, 3.63) is 88.8 Å². The van der Waals surface area contributed by atoms with E-state index in [1.54, 1.807) is 12.1 Å². The van der Waals surface area contributed by atoms with Crippen molar-refractivity contribution in [2.75, 3.05) is 6.54 Å². The molecule has 0 aliphatic heterocycles. The average Bonchev–Trinajstić information content (AvgIpc) is 3.23. The van der Waals surface area contributed by atoms with Gasteiger partial charge in [-0.2, -0.15) is 9.41 Å². The number of sulfonamides is 1. The molecule has 0 bridgehead atoms. The standard InChI is InChI=1S/C21H20ClN3O4S/c1-16-4-6-17(7-5-16)14-25(30(27,28)20-10-8-18(22)9-11-20)15-21(26)24-23-13-19-3-2-12-29-19/h2-13H,14-15H2,1H3,(H,24,26)/b23-13-. The van der Waals surface area contributed by atoms with Crippen LogP contribution in [0.2, 0.25) is 5.02 Å². The number of rotatable bonds is 8. The summed E-state index contributed by atoms with van der Waals surface area (Å²) >= 11 is 5.87. The molecule has 1 N–H and O–H groups in total. The van der Waals surface area contributed by atoms with Gasteiger partial charge in [-0.15, -0.1) is 0 Å². The fraction of sp³-hybridized carbons (Fsp3) is 0.143. The molecular formula is C21H20ClN3O4S. The molecule has 0 atom stereocenters. The first-order chi connectivity index (χ1) is 14.3. The zero-order valence-corrected chi connectivity index (χ0v) is 17.7. The summed E-state index contributed by atoms with van der Waals surface area (Å²) in [7, 11) is -3.95. The lowest BCUT2D eigenvalue weighted by Crippen LogP contribution is -2.39. The third kappa shape index (κ3) is 5.79. The molecule has 0 radical (unpaired) electrons. The Hall–Kier alpha value is -2.94. The molecule has 0 fully saturated rings. The Morgan fingerprint density at radius 3 is 2.47 bits per heavy atom. The lowest BCUT2D eigenvalue weighted by atomic mass is 10.1. The zero-order valence-electron chi connectivity index (χ0n) is 16.2. The highest BCUT2D eigenvalue weighted by Gasteiger charge is 2.27. The van der Waals surface area contributed by atoms with Gasteiger partial charge in [-0.05, 0) is 48.9 Å². The first kappa shape index (κ1) is 21.8. The maximum atomic E-state index is 13.2. The molecule has 2 aromatic carbocycles. The second-order valence-electron chi connectivity index (χ2n) is 6.52. The predicted octanol–water partition coefficient (Wildman–Crippen LogP) is 3.58. The van der Waals surface area contributed by atoms with Crippen LogP contribution in [-0.4, -0.2) is 31.4 Å². The van der Waals surface area contributed by atoms with Crippen molar-refractivity contribution in [2.45, 2.75) is 18.4 Å². The number of hydrogen-bond donors (Lipinski definition) is 1. The van der Waals surface area contributed by atoms with Gasteiger partial charge in [-0.3, -0.25) is 4.79 Å². The van der Waals surface area contributed by atoms with Crippen molar-refractivity contribution in [1.82, 2.24) is 9.73 Å². The van der Waals surface area contributed by atoms with E-state index in [9.17, 15) is 13.2 Å².